The van der Waals surface area contributed by atoms with E-state index in [1.165, 1.54) is 6.07 Å². The first-order valence-electron chi connectivity index (χ1n) is 6.03. The number of hydrogen-bond donors (Lipinski definition) is 1. The number of nitro benzene ring substituents is 1. The summed E-state index contributed by atoms with van der Waals surface area (Å²) >= 11 is 5.82. The highest BCUT2D eigenvalue weighted by Gasteiger charge is 2.17. The van der Waals surface area contributed by atoms with Gasteiger partial charge >= 0.3 is 5.69 Å². The molecule has 6 heteroatoms. The fourth-order valence-corrected chi connectivity index (χ4v) is 1.96. The van der Waals surface area contributed by atoms with Crippen molar-refractivity contribution in [2.45, 2.75) is 0 Å². The Morgan fingerprint density at radius 2 is 1.90 bits per heavy atom. The van der Waals surface area contributed by atoms with E-state index < -0.39 is 4.92 Å². The Balaban J connectivity index is 1.92. The van der Waals surface area contributed by atoms with E-state index in [4.69, 9.17) is 16.3 Å². The van der Waals surface area contributed by atoms with Crippen LogP contribution in [0.5, 0.6) is 5.75 Å². The molecule has 0 amide bonds. The summed E-state index contributed by atoms with van der Waals surface area (Å²) in [7, 11) is 0. The summed E-state index contributed by atoms with van der Waals surface area (Å²) in [6.07, 6.45) is 0. The number of nitrogens with zero attached hydrogens (tertiary/aromatic N) is 1. The number of hydrogen-bond acceptors (Lipinski definition) is 4. The number of benzene rings is 2. The Bertz CT molecular complexity index is 590. The van der Waals surface area contributed by atoms with Crippen molar-refractivity contribution in [3.05, 3.63) is 63.7 Å². The molecule has 1 N–H and O–H groups in total. The number of ether oxygens (including phenoxy) is 1. The quantitative estimate of drug-likeness (QED) is 0.500. The highest BCUT2D eigenvalue weighted by molar-refractivity contribution is 6.33. The fourth-order valence-electron chi connectivity index (χ4n) is 1.71. The second-order valence-corrected chi connectivity index (χ2v) is 4.39. The molecule has 0 aromatic heterocycles. The predicted octanol–water partition coefficient (Wildman–Crippen LogP) is 3.74. The standard InChI is InChI=1S/C14H13ClN2O3/c15-12-7-4-8-13(14(12)17(18)19)16-9-10-20-11-5-2-1-3-6-11/h1-8,16H,9-10H2. The molecule has 5 nitrogen and oxygen atoms in total. The van der Waals surface area contributed by atoms with Gasteiger partial charge in [-0.15, -0.1) is 0 Å². The summed E-state index contributed by atoms with van der Waals surface area (Å²) < 4.78 is 5.49. The third kappa shape index (κ3) is 3.61. The van der Waals surface area contributed by atoms with Crippen molar-refractivity contribution < 1.29 is 9.66 Å². The molecule has 0 atom stereocenters. The largest absolute Gasteiger partial charge is 0.492 e. The minimum Gasteiger partial charge on any atom is -0.492 e. The molecule has 0 fully saturated rings. The molecule has 0 heterocycles. The first-order chi connectivity index (χ1) is 9.68. The van der Waals surface area contributed by atoms with Gasteiger partial charge in [-0.3, -0.25) is 10.1 Å². The fraction of sp³-hybridized carbons (Fsp3) is 0.143. The van der Waals surface area contributed by atoms with E-state index in [-0.39, 0.29) is 10.7 Å². The van der Waals surface area contributed by atoms with Crippen molar-refractivity contribution >= 4 is 23.0 Å². The van der Waals surface area contributed by atoms with Crippen LogP contribution in [0, 0.1) is 10.1 Å². The van der Waals surface area contributed by atoms with E-state index in [1.54, 1.807) is 12.1 Å². The predicted molar refractivity (Wildman–Crippen MR) is 78.5 cm³/mol. The molecule has 20 heavy (non-hydrogen) atoms. The van der Waals surface area contributed by atoms with Gasteiger partial charge in [0.1, 0.15) is 23.1 Å². The molecule has 0 aliphatic heterocycles. The maximum atomic E-state index is 10.9. The normalized spacial score (nSPS) is 10.1. The number of rotatable bonds is 6. The SMILES string of the molecule is O=[N+]([O-])c1c(Cl)cccc1NCCOc1ccccc1. The van der Waals surface area contributed by atoms with Crippen molar-refractivity contribution in [2.24, 2.45) is 0 Å². The third-order valence-corrected chi connectivity index (χ3v) is 2.90. The maximum absolute atomic E-state index is 10.9. The summed E-state index contributed by atoms with van der Waals surface area (Å²) in [5, 5.41) is 14.0. The van der Waals surface area contributed by atoms with Gasteiger partial charge in [-0.05, 0) is 24.3 Å². The zero-order valence-corrected chi connectivity index (χ0v) is 11.3. The third-order valence-electron chi connectivity index (χ3n) is 2.60. The van der Waals surface area contributed by atoms with E-state index >= 15 is 0 Å². The lowest BCUT2D eigenvalue weighted by molar-refractivity contribution is -0.383. The average molecular weight is 293 g/mol. The second-order valence-electron chi connectivity index (χ2n) is 3.98. The van der Waals surface area contributed by atoms with Crippen molar-refractivity contribution in [2.75, 3.05) is 18.5 Å². The van der Waals surface area contributed by atoms with Crippen LogP contribution in [-0.4, -0.2) is 18.1 Å². The van der Waals surface area contributed by atoms with Crippen molar-refractivity contribution in [3.8, 4) is 5.75 Å². The molecule has 0 aliphatic rings. The van der Waals surface area contributed by atoms with Crippen LogP contribution in [0.2, 0.25) is 5.02 Å². The van der Waals surface area contributed by atoms with Gasteiger partial charge in [0.2, 0.25) is 0 Å². The van der Waals surface area contributed by atoms with E-state index in [2.05, 4.69) is 5.32 Å². The molecule has 2 aromatic carbocycles. The van der Waals surface area contributed by atoms with Gasteiger partial charge < -0.3 is 10.1 Å². The minimum atomic E-state index is -0.497. The molecular formula is C14H13ClN2O3. The van der Waals surface area contributed by atoms with Crippen molar-refractivity contribution in [1.82, 2.24) is 0 Å². The molecule has 0 saturated heterocycles. The highest BCUT2D eigenvalue weighted by Crippen LogP contribution is 2.31. The highest BCUT2D eigenvalue weighted by atomic mass is 35.5. The Labute approximate surface area is 121 Å². The van der Waals surface area contributed by atoms with Crippen molar-refractivity contribution in [1.29, 1.82) is 0 Å². The molecule has 0 saturated carbocycles. The minimum absolute atomic E-state index is 0.115. The summed E-state index contributed by atoms with van der Waals surface area (Å²) in [5.74, 6) is 0.759. The lowest BCUT2D eigenvalue weighted by atomic mass is 10.2. The van der Waals surface area contributed by atoms with Crippen LogP contribution >= 0.6 is 11.6 Å². The first-order valence-corrected chi connectivity index (χ1v) is 6.41. The lowest BCUT2D eigenvalue weighted by Crippen LogP contribution is -2.12. The van der Waals surface area contributed by atoms with Crippen LogP contribution in [0.3, 0.4) is 0 Å². The Morgan fingerprint density at radius 3 is 2.60 bits per heavy atom. The molecule has 2 rings (SSSR count). The van der Waals surface area contributed by atoms with E-state index in [1.807, 2.05) is 30.3 Å². The Kier molecular flexibility index (Phi) is 4.79. The monoisotopic (exact) mass is 292 g/mol. The molecule has 0 unspecified atom stereocenters. The topological polar surface area (TPSA) is 64.4 Å². The number of nitro groups is 1. The number of anilines is 1. The molecule has 0 spiro atoms. The molecular weight excluding hydrogens is 280 g/mol. The maximum Gasteiger partial charge on any atom is 0.310 e. The first kappa shape index (κ1) is 14.1. The number of nitrogens with one attached hydrogen (secondary N) is 1. The lowest BCUT2D eigenvalue weighted by Gasteiger charge is -2.09. The molecule has 0 aliphatic carbocycles. The van der Waals surface area contributed by atoms with Gasteiger partial charge in [0.05, 0.1) is 4.92 Å². The molecule has 104 valence electrons. The van der Waals surface area contributed by atoms with Crippen LogP contribution in [-0.2, 0) is 0 Å². The number of para-hydroxylation sites is 2. The summed E-state index contributed by atoms with van der Waals surface area (Å²) in [6.45, 7) is 0.837. The van der Waals surface area contributed by atoms with Gasteiger partial charge in [-0.1, -0.05) is 35.9 Å². The smallest absolute Gasteiger partial charge is 0.310 e. The average Bonchev–Trinajstić information content (AvgIpc) is 2.44. The second kappa shape index (κ2) is 6.77. The summed E-state index contributed by atoms with van der Waals surface area (Å²) in [5.41, 5.74) is 0.271. The van der Waals surface area contributed by atoms with Gasteiger partial charge in [0.25, 0.3) is 0 Å². The zero-order chi connectivity index (χ0) is 14.4. The van der Waals surface area contributed by atoms with Crippen LogP contribution in [0.1, 0.15) is 0 Å². The summed E-state index contributed by atoms with van der Waals surface area (Å²) in [4.78, 5) is 10.4. The van der Waals surface area contributed by atoms with Crippen LogP contribution < -0.4 is 10.1 Å². The molecule has 0 radical (unpaired) electrons. The van der Waals surface area contributed by atoms with E-state index in [0.29, 0.717) is 18.8 Å². The van der Waals surface area contributed by atoms with Gasteiger partial charge in [-0.2, -0.15) is 0 Å². The zero-order valence-electron chi connectivity index (χ0n) is 10.6. The summed E-state index contributed by atoms with van der Waals surface area (Å²) in [6, 6.07) is 14.1. The van der Waals surface area contributed by atoms with Crippen LogP contribution in [0.25, 0.3) is 0 Å². The molecule has 0 bridgehead atoms. The Hall–Kier alpha value is -2.27. The molecule has 2 aromatic rings. The van der Waals surface area contributed by atoms with Crippen LogP contribution in [0.4, 0.5) is 11.4 Å². The van der Waals surface area contributed by atoms with Gasteiger partial charge in [0, 0.05) is 6.54 Å². The van der Waals surface area contributed by atoms with Crippen molar-refractivity contribution in [3.63, 3.8) is 0 Å². The van der Waals surface area contributed by atoms with E-state index in [0.717, 1.165) is 5.75 Å². The number of halogens is 1. The van der Waals surface area contributed by atoms with Crippen LogP contribution in [0.15, 0.2) is 48.5 Å². The van der Waals surface area contributed by atoms with E-state index in [9.17, 15) is 10.1 Å². The van der Waals surface area contributed by atoms with Gasteiger partial charge in [0.15, 0.2) is 0 Å². The Morgan fingerprint density at radius 1 is 1.15 bits per heavy atom. The van der Waals surface area contributed by atoms with Gasteiger partial charge in [-0.25, -0.2) is 0 Å².